The molecule has 0 aromatic carbocycles. The quantitative estimate of drug-likeness (QED) is 0.544. The Balaban J connectivity index is 2.64. The van der Waals surface area contributed by atoms with Gasteiger partial charge < -0.3 is 0 Å². The molecule has 0 N–H and O–H groups in total. The van der Waals surface area contributed by atoms with Crippen LogP contribution in [0.25, 0.3) is 0 Å². The molecule has 1 rings (SSSR count). The molecular formula is C16H30. The van der Waals surface area contributed by atoms with Crippen LogP contribution in [-0.4, -0.2) is 0 Å². The predicted molar refractivity (Wildman–Crippen MR) is 73.6 cm³/mol. The minimum Gasteiger partial charge on any atom is -0.0736 e. The lowest BCUT2D eigenvalue weighted by molar-refractivity contribution is 0.328. The van der Waals surface area contributed by atoms with Gasteiger partial charge in [-0.1, -0.05) is 45.8 Å². The van der Waals surface area contributed by atoms with Crippen molar-refractivity contribution in [2.75, 3.05) is 0 Å². The SMILES string of the molecule is CC1=C(CCC(C)C(C)C)C(C)(C)CCC1. The fraction of sp³-hybridized carbons (Fsp3) is 0.875. The van der Waals surface area contributed by atoms with Gasteiger partial charge >= 0.3 is 0 Å². The van der Waals surface area contributed by atoms with Crippen molar-refractivity contribution in [3.05, 3.63) is 11.1 Å². The summed E-state index contributed by atoms with van der Waals surface area (Å²) in [6, 6.07) is 0. The van der Waals surface area contributed by atoms with Crippen LogP contribution in [-0.2, 0) is 0 Å². The minimum atomic E-state index is 0.471. The third-order valence-corrected chi connectivity index (χ3v) is 4.67. The Morgan fingerprint density at radius 3 is 2.31 bits per heavy atom. The maximum atomic E-state index is 2.44. The van der Waals surface area contributed by atoms with E-state index in [-0.39, 0.29) is 0 Å². The lowest BCUT2D eigenvalue weighted by atomic mass is 9.70. The second-order valence-corrected chi connectivity index (χ2v) is 6.76. The van der Waals surface area contributed by atoms with Gasteiger partial charge in [0.05, 0.1) is 0 Å². The van der Waals surface area contributed by atoms with Crippen molar-refractivity contribution in [1.82, 2.24) is 0 Å². The van der Waals surface area contributed by atoms with E-state index in [1.165, 1.54) is 32.1 Å². The molecule has 0 aromatic heterocycles. The zero-order valence-corrected chi connectivity index (χ0v) is 12.2. The van der Waals surface area contributed by atoms with Crippen LogP contribution in [0.15, 0.2) is 11.1 Å². The first-order valence-electron chi connectivity index (χ1n) is 7.03. The summed E-state index contributed by atoms with van der Waals surface area (Å²) in [4.78, 5) is 0. The van der Waals surface area contributed by atoms with E-state index in [0.29, 0.717) is 5.41 Å². The van der Waals surface area contributed by atoms with Gasteiger partial charge in [-0.3, -0.25) is 0 Å². The summed E-state index contributed by atoms with van der Waals surface area (Å²) in [5.74, 6) is 1.69. The average Bonchev–Trinajstić information content (AvgIpc) is 2.15. The predicted octanol–water partition coefficient (Wildman–Crippen LogP) is 5.59. The standard InChI is InChI=1S/C16H30/c1-12(2)13(3)9-10-15-14(4)8-7-11-16(15,5)6/h12-13H,7-11H2,1-6H3. The van der Waals surface area contributed by atoms with Crippen molar-refractivity contribution < 1.29 is 0 Å². The van der Waals surface area contributed by atoms with E-state index in [0.717, 1.165) is 11.8 Å². The molecule has 1 aliphatic rings. The summed E-state index contributed by atoms with van der Waals surface area (Å²) in [6.07, 6.45) is 6.82. The normalized spacial score (nSPS) is 22.7. The number of hydrogen-bond donors (Lipinski definition) is 0. The summed E-state index contributed by atoms with van der Waals surface area (Å²) in [5, 5.41) is 0. The highest BCUT2D eigenvalue weighted by atomic mass is 14.3. The van der Waals surface area contributed by atoms with Crippen LogP contribution in [0.2, 0.25) is 0 Å². The molecule has 0 bridgehead atoms. The van der Waals surface area contributed by atoms with E-state index in [1.54, 1.807) is 11.1 Å². The monoisotopic (exact) mass is 222 g/mol. The molecular weight excluding hydrogens is 192 g/mol. The zero-order chi connectivity index (χ0) is 12.3. The molecule has 0 heteroatoms. The van der Waals surface area contributed by atoms with E-state index in [9.17, 15) is 0 Å². The lowest BCUT2D eigenvalue weighted by Crippen LogP contribution is -2.21. The summed E-state index contributed by atoms with van der Waals surface area (Å²) in [7, 11) is 0. The Labute approximate surface area is 103 Å². The van der Waals surface area contributed by atoms with Gasteiger partial charge in [-0.2, -0.15) is 0 Å². The van der Waals surface area contributed by atoms with Crippen LogP contribution in [0.5, 0.6) is 0 Å². The third-order valence-electron chi connectivity index (χ3n) is 4.67. The first-order chi connectivity index (χ1) is 7.34. The molecule has 0 aliphatic heterocycles. The Hall–Kier alpha value is -0.260. The summed E-state index contributed by atoms with van der Waals surface area (Å²) in [5.41, 5.74) is 3.93. The zero-order valence-electron chi connectivity index (χ0n) is 12.2. The van der Waals surface area contributed by atoms with Gasteiger partial charge in [0, 0.05) is 0 Å². The molecule has 0 heterocycles. The number of hydrogen-bond acceptors (Lipinski definition) is 0. The second-order valence-electron chi connectivity index (χ2n) is 6.76. The highest BCUT2D eigenvalue weighted by Crippen LogP contribution is 2.42. The molecule has 0 saturated heterocycles. The van der Waals surface area contributed by atoms with Gasteiger partial charge in [-0.05, 0) is 56.3 Å². The fourth-order valence-corrected chi connectivity index (χ4v) is 2.93. The molecule has 16 heavy (non-hydrogen) atoms. The summed E-state index contributed by atoms with van der Waals surface area (Å²) >= 11 is 0. The van der Waals surface area contributed by atoms with E-state index >= 15 is 0 Å². The fourth-order valence-electron chi connectivity index (χ4n) is 2.93. The Morgan fingerprint density at radius 1 is 1.19 bits per heavy atom. The van der Waals surface area contributed by atoms with Crippen LogP contribution in [0, 0.1) is 17.3 Å². The van der Waals surface area contributed by atoms with Crippen LogP contribution in [0.1, 0.15) is 73.6 Å². The van der Waals surface area contributed by atoms with Crippen molar-refractivity contribution >= 4 is 0 Å². The summed E-state index contributed by atoms with van der Waals surface area (Å²) in [6.45, 7) is 14.3. The molecule has 0 amide bonds. The topological polar surface area (TPSA) is 0 Å². The smallest absolute Gasteiger partial charge is 0.0142 e. The van der Waals surface area contributed by atoms with Crippen LogP contribution < -0.4 is 0 Å². The molecule has 0 fully saturated rings. The van der Waals surface area contributed by atoms with Crippen molar-refractivity contribution in [2.45, 2.75) is 73.6 Å². The maximum Gasteiger partial charge on any atom is -0.0142 e. The highest BCUT2D eigenvalue weighted by Gasteiger charge is 2.28. The van der Waals surface area contributed by atoms with Gasteiger partial charge in [0.2, 0.25) is 0 Å². The molecule has 0 nitrogen and oxygen atoms in total. The van der Waals surface area contributed by atoms with Crippen LogP contribution in [0.3, 0.4) is 0 Å². The third kappa shape index (κ3) is 3.37. The minimum absolute atomic E-state index is 0.471. The van der Waals surface area contributed by atoms with Crippen molar-refractivity contribution in [1.29, 1.82) is 0 Å². The maximum absolute atomic E-state index is 2.44. The van der Waals surface area contributed by atoms with E-state index in [1.807, 2.05) is 0 Å². The molecule has 0 spiro atoms. The van der Waals surface area contributed by atoms with E-state index < -0.39 is 0 Å². The molecule has 94 valence electrons. The largest absolute Gasteiger partial charge is 0.0736 e. The Bertz CT molecular complexity index is 255. The van der Waals surface area contributed by atoms with Gasteiger partial charge in [0.25, 0.3) is 0 Å². The van der Waals surface area contributed by atoms with Crippen molar-refractivity contribution in [2.24, 2.45) is 17.3 Å². The molecule has 0 saturated carbocycles. The van der Waals surface area contributed by atoms with Gasteiger partial charge in [-0.25, -0.2) is 0 Å². The van der Waals surface area contributed by atoms with E-state index in [2.05, 4.69) is 41.5 Å². The summed E-state index contributed by atoms with van der Waals surface area (Å²) < 4.78 is 0. The molecule has 1 aliphatic carbocycles. The van der Waals surface area contributed by atoms with E-state index in [4.69, 9.17) is 0 Å². The Kier molecular flexibility index (Phi) is 4.64. The second kappa shape index (κ2) is 5.38. The van der Waals surface area contributed by atoms with Crippen LogP contribution in [0.4, 0.5) is 0 Å². The van der Waals surface area contributed by atoms with Crippen LogP contribution >= 0.6 is 0 Å². The first-order valence-corrected chi connectivity index (χ1v) is 7.03. The lowest BCUT2D eigenvalue weighted by Gasteiger charge is -2.35. The Morgan fingerprint density at radius 2 is 1.81 bits per heavy atom. The van der Waals surface area contributed by atoms with Gasteiger partial charge in [0.1, 0.15) is 0 Å². The number of allylic oxidation sites excluding steroid dienone is 2. The average molecular weight is 222 g/mol. The van der Waals surface area contributed by atoms with Gasteiger partial charge in [0.15, 0.2) is 0 Å². The molecule has 0 aromatic rings. The highest BCUT2D eigenvalue weighted by molar-refractivity contribution is 5.22. The first kappa shape index (κ1) is 13.8. The molecule has 0 radical (unpaired) electrons. The van der Waals surface area contributed by atoms with Gasteiger partial charge in [-0.15, -0.1) is 0 Å². The molecule has 1 atom stereocenters. The number of rotatable bonds is 4. The molecule has 1 unspecified atom stereocenters. The van der Waals surface area contributed by atoms with Crippen molar-refractivity contribution in [3.63, 3.8) is 0 Å². The van der Waals surface area contributed by atoms with Crippen molar-refractivity contribution in [3.8, 4) is 0 Å².